The van der Waals surface area contributed by atoms with Crippen molar-refractivity contribution in [1.29, 1.82) is 0 Å². The highest BCUT2D eigenvalue weighted by atomic mass is 19.3. The molecule has 3 aromatic rings. The van der Waals surface area contributed by atoms with E-state index in [1.165, 1.54) is 24.5 Å². The zero-order chi connectivity index (χ0) is 25.2. The number of furan rings is 1. The lowest BCUT2D eigenvalue weighted by Gasteiger charge is -2.27. The van der Waals surface area contributed by atoms with Crippen molar-refractivity contribution >= 4 is 11.0 Å². The van der Waals surface area contributed by atoms with Gasteiger partial charge in [0.25, 0.3) is 0 Å². The summed E-state index contributed by atoms with van der Waals surface area (Å²) in [5, 5.41) is 8.66. The highest BCUT2D eigenvalue weighted by Crippen LogP contribution is 2.37. The van der Waals surface area contributed by atoms with E-state index < -0.39 is 38.0 Å². The molecule has 0 aliphatic carbocycles. The highest BCUT2D eigenvalue weighted by Gasteiger charge is 2.56. The van der Waals surface area contributed by atoms with Crippen LogP contribution in [0.15, 0.2) is 53.2 Å². The maximum Gasteiger partial charge on any atom is 0.496 e. The van der Waals surface area contributed by atoms with Crippen LogP contribution in [-0.2, 0) is 14.2 Å². The molecule has 0 spiro atoms. The number of rotatable bonds is 11. The molecule has 0 saturated heterocycles. The van der Waals surface area contributed by atoms with Gasteiger partial charge in [-0.15, -0.1) is 17.6 Å². The third kappa shape index (κ3) is 6.99. The van der Waals surface area contributed by atoms with Gasteiger partial charge in [-0.1, -0.05) is 0 Å². The van der Waals surface area contributed by atoms with Gasteiger partial charge in [-0.2, -0.15) is 17.6 Å². The van der Waals surface area contributed by atoms with Crippen LogP contribution in [0, 0.1) is 0 Å². The Balaban J connectivity index is 1.63. The smallest absolute Gasteiger partial charge is 0.484 e. The number of ether oxygens (including phenoxy) is 4. The number of aliphatic hydroxyl groups is 1. The second-order valence-corrected chi connectivity index (χ2v) is 6.51. The molecule has 15 heteroatoms. The molecule has 0 aliphatic rings. The quantitative estimate of drug-likeness (QED) is 0.285. The first kappa shape index (κ1) is 25.6. The standard InChI is InChI=1S/C19H13F8NO6/c20-16(21,9-29)32-18(24,25)34-19(26,27)33-17(22,23)10-30-13-4-3-11-6-14(31-15(11)7-13)12-2-1-5-28-8-12/h1-8,29H,9-10H2. The van der Waals surface area contributed by atoms with Crippen molar-refractivity contribution in [2.45, 2.75) is 24.8 Å². The monoisotopic (exact) mass is 503 g/mol. The summed E-state index contributed by atoms with van der Waals surface area (Å²) >= 11 is 0. The Morgan fingerprint density at radius 3 is 2.15 bits per heavy atom. The summed E-state index contributed by atoms with van der Waals surface area (Å²) in [5.41, 5.74) is 0.789. The minimum Gasteiger partial charge on any atom is -0.484 e. The first-order valence-electron chi connectivity index (χ1n) is 8.99. The van der Waals surface area contributed by atoms with Gasteiger partial charge in [0.2, 0.25) is 0 Å². The molecule has 7 nitrogen and oxygen atoms in total. The number of aromatic nitrogens is 1. The Kier molecular flexibility index (Phi) is 7.02. The number of fused-ring (bicyclic) bond motifs is 1. The molecule has 2 heterocycles. The number of benzene rings is 1. The molecule has 0 amide bonds. The molecule has 1 N–H and O–H groups in total. The van der Waals surface area contributed by atoms with E-state index in [9.17, 15) is 35.1 Å². The number of alkyl halides is 8. The summed E-state index contributed by atoms with van der Waals surface area (Å²) in [4.78, 5) is 3.92. The van der Waals surface area contributed by atoms with Crippen LogP contribution in [0.5, 0.6) is 5.75 Å². The molecule has 1 aromatic carbocycles. The van der Waals surface area contributed by atoms with E-state index in [1.54, 1.807) is 18.2 Å². The maximum absolute atomic E-state index is 13.7. The highest BCUT2D eigenvalue weighted by molar-refractivity contribution is 5.83. The molecular formula is C19H13F8NO6. The molecule has 0 aliphatic heterocycles. The van der Waals surface area contributed by atoms with Crippen LogP contribution in [0.3, 0.4) is 0 Å². The van der Waals surface area contributed by atoms with Crippen LogP contribution in [0.2, 0.25) is 0 Å². The predicted octanol–water partition coefficient (Wildman–Crippen LogP) is 5.20. The van der Waals surface area contributed by atoms with Gasteiger partial charge < -0.3 is 14.3 Å². The average molecular weight is 503 g/mol. The van der Waals surface area contributed by atoms with Gasteiger partial charge in [0.05, 0.1) is 0 Å². The zero-order valence-corrected chi connectivity index (χ0v) is 16.5. The van der Waals surface area contributed by atoms with E-state index in [2.05, 4.69) is 23.9 Å². The Morgan fingerprint density at radius 2 is 1.53 bits per heavy atom. The molecule has 0 saturated carbocycles. The molecule has 0 radical (unpaired) electrons. The number of hydrogen-bond acceptors (Lipinski definition) is 7. The van der Waals surface area contributed by atoms with E-state index >= 15 is 0 Å². The van der Waals surface area contributed by atoms with Gasteiger partial charge in [-0.3, -0.25) is 4.98 Å². The fourth-order valence-electron chi connectivity index (χ4n) is 2.51. The Hall–Kier alpha value is -3.01. The molecule has 3 rings (SSSR count). The van der Waals surface area contributed by atoms with Gasteiger partial charge >= 0.3 is 24.8 Å². The normalized spacial score (nSPS) is 13.4. The lowest BCUT2D eigenvalue weighted by Crippen LogP contribution is -2.46. The van der Waals surface area contributed by atoms with Crippen molar-refractivity contribution < 1.29 is 63.6 Å². The summed E-state index contributed by atoms with van der Waals surface area (Å²) in [7, 11) is 0. The van der Waals surface area contributed by atoms with Crippen LogP contribution >= 0.6 is 0 Å². The minimum absolute atomic E-state index is 0.177. The third-order valence-corrected chi connectivity index (χ3v) is 3.80. The average Bonchev–Trinajstić information content (AvgIpc) is 3.14. The van der Waals surface area contributed by atoms with Gasteiger partial charge in [0.1, 0.15) is 23.7 Å². The van der Waals surface area contributed by atoms with E-state index in [4.69, 9.17) is 9.52 Å². The van der Waals surface area contributed by atoms with Crippen LogP contribution in [0.1, 0.15) is 0 Å². The van der Waals surface area contributed by atoms with E-state index in [1.807, 2.05) is 0 Å². The van der Waals surface area contributed by atoms with Crippen molar-refractivity contribution in [2.75, 3.05) is 13.2 Å². The molecule has 0 fully saturated rings. The summed E-state index contributed by atoms with van der Waals surface area (Å²) in [5.74, 6) is 0.101. The number of hydrogen-bond donors (Lipinski definition) is 1. The van der Waals surface area contributed by atoms with Crippen LogP contribution in [-0.4, -0.2) is 48.1 Å². The fourth-order valence-corrected chi connectivity index (χ4v) is 2.51. The van der Waals surface area contributed by atoms with Crippen LogP contribution in [0.4, 0.5) is 35.1 Å². The molecule has 0 atom stereocenters. The molecule has 2 aromatic heterocycles. The molecule has 186 valence electrons. The van der Waals surface area contributed by atoms with Crippen molar-refractivity contribution in [2.24, 2.45) is 0 Å². The second kappa shape index (κ2) is 9.32. The van der Waals surface area contributed by atoms with Crippen LogP contribution < -0.4 is 4.74 Å². The van der Waals surface area contributed by atoms with Gasteiger partial charge in [-0.05, 0) is 30.3 Å². The van der Waals surface area contributed by atoms with E-state index in [0.717, 1.165) is 6.07 Å². The van der Waals surface area contributed by atoms with Gasteiger partial charge in [0, 0.05) is 29.4 Å². The molecule has 0 unspecified atom stereocenters. The van der Waals surface area contributed by atoms with Crippen molar-refractivity contribution in [1.82, 2.24) is 4.98 Å². The van der Waals surface area contributed by atoms with E-state index in [0.29, 0.717) is 16.7 Å². The second-order valence-electron chi connectivity index (χ2n) is 6.51. The fraction of sp³-hybridized carbons (Fsp3) is 0.316. The number of pyridine rings is 1. The molecule has 34 heavy (non-hydrogen) atoms. The molecular weight excluding hydrogens is 490 g/mol. The molecule has 0 bridgehead atoms. The zero-order valence-electron chi connectivity index (χ0n) is 16.5. The van der Waals surface area contributed by atoms with Crippen molar-refractivity contribution in [3.8, 4) is 17.1 Å². The first-order valence-corrected chi connectivity index (χ1v) is 8.99. The van der Waals surface area contributed by atoms with Crippen LogP contribution in [0.25, 0.3) is 22.3 Å². The minimum atomic E-state index is -5.80. The summed E-state index contributed by atoms with van der Waals surface area (Å²) in [6.45, 7) is -4.24. The van der Waals surface area contributed by atoms with Crippen molar-refractivity contribution in [3.05, 3.63) is 48.8 Å². The maximum atomic E-state index is 13.7. The number of aliphatic hydroxyl groups excluding tert-OH is 1. The Labute approximate surface area is 184 Å². The number of halogens is 8. The van der Waals surface area contributed by atoms with Gasteiger partial charge in [0.15, 0.2) is 6.61 Å². The Bertz CT molecular complexity index is 1110. The SMILES string of the molecule is OCC(F)(F)OC(F)(F)OC(F)(F)OC(F)(F)COc1ccc2cc(-c3cccnc3)oc2c1. The third-order valence-electron chi connectivity index (χ3n) is 3.80. The largest absolute Gasteiger partial charge is 0.496 e. The van der Waals surface area contributed by atoms with Crippen molar-refractivity contribution in [3.63, 3.8) is 0 Å². The van der Waals surface area contributed by atoms with E-state index in [-0.39, 0.29) is 11.3 Å². The Morgan fingerprint density at radius 1 is 0.853 bits per heavy atom. The lowest BCUT2D eigenvalue weighted by atomic mass is 10.2. The first-order chi connectivity index (χ1) is 15.7. The number of nitrogens with zero attached hydrogens (tertiary/aromatic N) is 1. The predicted molar refractivity (Wildman–Crippen MR) is 95.1 cm³/mol. The summed E-state index contributed by atoms with van der Waals surface area (Å²) in [6.07, 6.45) is -18.5. The van der Waals surface area contributed by atoms with Gasteiger partial charge in [-0.25, -0.2) is 14.2 Å². The lowest BCUT2D eigenvalue weighted by molar-refractivity contribution is -0.574. The topological polar surface area (TPSA) is 83.2 Å². The summed E-state index contributed by atoms with van der Waals surface area (Å²) in [6, 6.07) is 8.71. The summed E-state index contributed by atoms with van der Waals surface area (Å²) < 4.78 is 123.